The molecule has 0 atom stereocenters. The summed E-state index contributed by atoms with van der Waals surface area (Å²) in [4.78, 5) is 10.4. The molecule has 0 radical (unpaired) electrons. The van der Waals surface area contributed by atoms with Gasteiger partial charge in [-0.25, -0.2) is 4.79 Å². The van der Waals surface area contributed by atoms with Gasteiger partial charge in [0.2, 0.25) is 0 Å². The van der Waals surface area contributed by atoms with Gasteiger partial charge in [0.1, 0.15) is 17.2 Å². The molecule has 0 bridgehead atoms. The Labute approximate surface area is 97.5 Å². The fourth-order valence-corrected chi connectivity index (χ4v) is 1.59. The average molecular weight is 232 g/mol. The molecule has 0 aliphatic rings. The number of nitrogens with one attached hydrogen (secondary N) is 1. The predicted octanol–water partition coefficient (Wildman–Crippen LogP) is 2.04. The number of rotatable bonds is 3. The van der Waals surface area contributed by atoms with E-state index in [0.29, 0.717) is 5.69 Å². The monoisotopic (exact) mass is 232 g/mol. The summed E-state index contributed by atoms with van der Waals surface area (Å²) in [5, 5.41) is 12.3. The average Bonchev–Trinajstić information content (AvgIpc) is 2.55. The molecule has 0 saturated heterocycles. The third-order valence-corrected chi connectivity index (χ3v) is 2.21. The Morgan fingerprint density at radius 2 is 2.24 bits per heavy atom. The van der Waals surface area contributed by atoms with Gasteiger partial charge in [0.15, 0.2) is 0 Å². The molecule has 88 valence electrons. The van der Waals surface area contributed by atoms with Crippen LogP contribution in [0.5, 0.6) is 0 Å². The van der Waals surface area contributed by atoms with Gasteiger partial charge in [0, 0.05) is 11.1 Å². The number of anilines is 1. The molecular formula is C12H12N2O3. The first-order chi connectivity index (χ1) is 8.04. The zero-order valence-corrected chi connectivity index (χ0v) is 9.23. The van der Waals surface area contributed by atoms with Gasteiger partial charge in [-0.15, -0.1) is 0 Å². The van der Waals surface area contributed by atoms with Crippen LogP contribution in [0.1, 0.15) is 5.76 Å². The number of carboxylic acid groups (broad SMARTS) is 1. The molecule has 4 N–H and O–H groups in total. The maximum absolute atomic E-state index is 10.4. The SMILES string of the molecule is Cc1cc2cc(N/C(N)=C/C(=O)O)ccc2o1. The fraction of sp³-hybridized carbons (Fsp3) is 0.0833. The lowest BCUT2D eigenvalue weighted by atomic mass is 10.2. The van der Waals surface area contributed by atoms with Crippen molar-refractivity contribution >= 4 is 22.6 Å². The van der Waals surface area contributed by atoms with Crippen LogP contribution >= 0.6 is 0 Å². The smallest absolute Gasteiger partial charge is 0.331 e. The Balaban J connectivity index is 2.27. The molecule has 0 aliphatic carbocycles. The number of hydrogen-bond donors (Lipinski definition) is 3. The van der Waals surface area contributed by atoms with Crippen LogP contribution in [0.25, 0.3) is 11.0 Å². The number of aliphatic carboxylic acids is 1. The van der Waals surface area contributed by atoms with E-state index < -0.39 is 5.97 Å². The number of aryl methyl sites for hydroxylation is 1. The van der Waals surface area contributed by atoms with Crippen molar-refractivity contribution in [2.24, 2.45) is 5.73 Å². The summed E-state index contributed by atoms with van der Waals surface area (Å²) in [6, 6.07) is 7.32. The maximum Gasteiger partial charge on any atom is 0.331 e. The van der Waals surface area contributed by atoms with Gasteiger partial charge < -0.3 is 20.6 Å². The molecule has 2 aromatic rings. The maximum atomic E-state index is 10.4. The summed E-state index contributed by atoms with van der Waals surface area (Å²) < 4.78 is 5.42. The molecule has 0 amide bonds. The minimum Gasteiger partial charge on any atom is -0.478 e. The van der Waals surface area contributed by atoms with Crippen molar-refractivity contribution in [1.29, 1.82) is 0 Å². The lowest BCUT2D eigenvalue weighted by molar-refractivity contribution is -0.131. The van der Waals surface area contributed by atoms with Crippen molar-refractivity contribution in [3.8, 4) is 0 Å². The topological polar surface area (TPSA) is 88.5 Å². The lowest BCUT2D eigenvalue weighted by Gasteiger charge is -2.05. The van der Waals surface area contributed by atoms with Gasteiger partial charge in [0.05, 0.1) is 6.08 Å². The van der Waals surface area contributed by atoms with Crippen molar-refractivity contribution < 1.29 is 14.3 Å². The molecule has 5 heteroatoms. The second-order valence-corrected chi connectivity index (χ2v) is 3.67. The molecule has 1 aromatic heterocycles. The number of carbonyl (C=O) groups is 1. The van der Waals surface area contributed by atoms with Crippen molar-refractivity contribution in [1.82, 2.24) is 0 Å². The van der Waals surface area contributed by atoms with Gasteiger partial charge in [-0.3, -0.25) is 0 Å². The van der Waals surface area contributed by atoms with Crippen LogP contribution in [-0.2, 0) is 4.79 Å². The molecule has 0 fully saturated rings. The van der Waals surface area contributed by atoms with Gasteiger partial charge in [-0.05, 0) is 31.2 Å². The third kappa shape index (κ3) is 2.57. The second kappa shape index (κ2) is 4.21. The first-order valence-corrected chi connectivity index (χ1v) is 5.02. The third-order valence-electron chi connectivity index (χ3n) is 2.21. The van der Waals surface area contributed by atoms with Crippen molar-refractivity contribution in [2.75, 3.05) is 5.32 Å². The summed E-state index contributed by atoms with van der Waals surface area (Å²) in [6.45, 7) is 1.87. The van der Waals surface area contributed by atoms with Crippen molar-refractivity contribution in [3.05, 3.63) is 41.9 Å². The number of fused-ring (bicyclic) bond motifs is 1. The highest BCUT2D eigenvalue weighted by Gasteiger charge is 2.02. The number of carboxylic acids is 1. The molecule has 5 nitrogen and oxygen atoms in total. The van der Waals surface area contributed by atoms with Crippen LogP contribution in [0.4, 0.5) is 5.69 Å². The second-order valence-electron chi connectivity index (χ2n) is 3.67. The zero-order chi connectivity index (χ0) is 12.4. The molecular weight excluding hydrogens is 220 g/mol. The summed E-state index contributed by atoms with van der Waals surface area (Å²) in [7, 11) is 0. The fourth-order valence-electron chi connectivity index (χ4n) is 1.59. The molecule has 1 heterocycles. The van der Waals surface area contributed by atoms with Gasteiger partial charge in [-0.2, -0.15) is 0 Å². The Morgan fingerprint density at radius 1 is 1.47 bits per heavy atom. The van der Waals surface area contributed by atoms with Gasteiger partial charge in [0.25, 0.3) is 0 Å². The highest BCUT2D eigenvalue weighted by atomic mass is 16.4. The van der Waals surface area contributed by atoms with Crippen LogP contribution in [0.15, 0.2) is 40.6 Å². The molecule has 0 spiro atoms. The quantitative estimate of drug-likeness (QED) is 0.705. The highest BCUT2D eigenvalue weighted by Crippen LogP contribution is 2.22. The van der Waals surface area contributed by atoms with E-state index in [-0.39, 0.29) is 5.82 Å². The van der Waals surface area contributed by atoms with Crippen LogP contribution in [0, 0.1) is 6.92 Å². The lowest BCUT2D eigenvalue weighted by Crippen LogP contribution is -2.11. The van der Waals surface area contributed by atoms with Crippen LogP contribution in [0.3, 0.4) is 0 Å². The zero-order valence-electron chi connectivity index (χ0n) is 9.23. The predicted molar refractivity (Wildman–Crippen MR) is 64.5 cm³/mol. The Hall–Kier alpha value is -2.43. The molecule has 2 rings (SSSR count). The van der Waals surface area contributed by atoms with E-state index in [9.17, 15) is 4.79 Å². The van der Waals surface area contributed by atoms with E-state index in [4.69, 9.17) is 15.3 Å². The molecule has 0 saturated carbocycles. The number of hydrogen-bond acceptors (Lipinski definition) is 4. The number of nitrogens with two attached hydrogens (primary N) is 1. The van der Waals surface area contributed by atoms with Crippen molar-refractivity contribution in [3.63, 3.8) is 0 Å². The Kier molecular flexibility index (Phi) is 2.74. The standard InChI is InChI=1S/C12H12N2O3/c1-7-4-8-5-9(2-3-10(8)17-7)14-11(13)6-12(15)16/h2-6,14H,13H2,1H3,(H,15,16)/b11-6+. The minimum atomic E-state index is -1.09. The largest absolute Gasteiger partial charge is 0.478 e. The van der Waals surface area contributed by atoms with E-state index in [1.165, 1.54) is 0 Å². The van der Waals surface area contributed by atoms with E-state index in [1.54, 1.807) is 12.1 Å². The summed E-state index contributed by atoms with van der Waals surface area (Å²) in [5.74, 6) is -0.182. The van der Waals surface area contributed by atoms with Crippen LogP contribution in [-0.4, -0.2) is 11.1 Å². The van der Waals surface area contributed by atoms with E-state index in [0.717, 1.165) is 22.8 Å². The number of benzene rings is 1. The Bertz CT molecular complexity index is 599. The summed E-state index contributed by atoms with van der Waals surface area (Å²) in [5.41, 5.74) is 7.00. The van der Waals surface area contributed by atoms with Gasteiger partial charge >= 0.3 is 5.97 Å². The van der Waals surface area contributed by atoms with Crippen molar-refractivity contribution in [2.45, 2.75) is 6.92 Å². The van der Waals surface area contributed by atoms with E-state index >= 15 is 0 Å². The van der Waals surface area contributed by atoms with E-state index in [1.807, 2.05) is 19.1 Å². The normalized spacial score (nSPS) is 11.7. The van der Waals surface area contributed by atoms with Crippen LogP contribution in [0.2, 0.25) is 0 Å². The summed E-state index contributed by atoms with van der Waals surface area (Å²) in [6.07, 6.45) is 0.908. The van der Waals surface area contributed by atoms with Crippen LogP contribution < -0.4 is 11.1 Å². The van der Waals surface area contributed by atoms with E-state index in [2.05, 4.69) is 5.32 Å². The first-order valence-electron chi connectivity index (χ1n) is 5.02. The minimum absolute atomic E-state index is 0.0806. The molecule has 0 unspecified atom stereocenters. The molecule has 17 heavy (non-hydrogen) atoms. The molecule has 0 aliphatic heterocycles. The highest BCUT2D eigenvalue weighted by molar-refractivity contribution is 5.83. The first kappa shape index (κ1) is 11.1. The number of furan rings is 1. The molecule has 1 aromatic carbocycles. The van der Waals surface area contributed by atoms with Gasteiger partial charge in [-0.1, -0.05) is 0 Å². The Morgan fingerprint density at radius 3 is 2.94 bits per heavy atom. The summed E-state index contributed by atoms with van der Waals surface area (Å²) >= 11 is 0.